The van der Waals surface area contributed by atoms with Crippen molar-refractivity contribution < 1.29 is 28.5 Å². The Morgan fingerprint density at radius 3 is 2.04 bits per heavy atom. The molecule has 0 fully saturated rings. The molecule has 8 heteroatoms. The standard InChI is InChI=1S/C18H31N6.2HI/c1-7-23(14-15-24(4,5)6)17-10-8-16(9-11-17)19-20-18-21(2)12-13-22(18)3;;/h8-13,18H,7,14-15H2,1-6H3;2*1H/q+1;;/p-1/b20-19+;;. The van der Waals surface area contributed by atoms with E-state index in [2.05, 4.69) is 55.3 Å². The summed E-state index contributed by atoms with van der Waals surface area (Å²) < 4.78 is 0.971. The minimum Gasteiger partial charge on any atom is -1.00 e. The van der Waals surface area contributed by atoms with E-state index in [9.17, 15) is 0 Å². The van der Waals surface area contributed by atoms with E-state index in [1.807, 2.05) is 48.4 Å². The van der Waals surface area contributed by atoms with Gasteiger partial charge in [-0.25, -0.2) is 0 Å². The highest BCUT2D eigenvalue weighted by Crippen LogP contribution is 2.22. The van der Waals surface area contributed by atoms with Gasteiger partial charge in [0, 0.05) is 38.7 Å². The van der Waals surface area contributed by atoms with E-state index in [1.165, 1.54) is 5.69 Å². The molecule has 0 saturated carbocycles. The van der Waals surface area contributed by atoms with Crippen LogP contribution in [0.25, 0.3) is 0 Å². The number of benzene rings is 1. The summed E-state index contributed by atoms with van der Waals surface area (Å²) in [4.78, 5) is 6.45. The van der Waals surface area contributed by atoms with Crippen LogP contribution in [0.15, 0.2) is 46.9 Å². The highest BCUT2D eigenvalue weighted by Gasteiger charge is 2.19. The van der Waals surface area contributed by atoms with Gasteiger partial charge < -0.3 is 43.2 Å². The Hall–Kier alpha value is -0.620. The van der Waals surface area contributed by atoms with Gasteiger partial charge in [0.05, 0.1) is 39.9 Å². The third-order valence-electron chi connectivity index (χ3n) is 4.18. The molecule has 0 radical (unpaired) electrons. The van der Waals surface area contributed by atoms with Crippen LogP contribution in [0.2, 0.25) is 0 Å². The second-order valence-electron chi connectivity index (χ2n) is 7.30. The van der Waals surface area contributed by atoms with Crippen LogP contribution in [-0.2, 0) is 0 Å². The van der Waals surface area contributed by atoms with E-state index in [-0.39, 0.29) is 54.2 Å². The molecule has 148 valence electrons. The summed E-state index contributed by atoms with van der Waals surface area (Å²) >= 11 is 0. The lowest BCUT2D eigenvalue weighted by atomic mass is 10.2. The van der Waals surface area contributed by atoms with Crippen LogP contribution in [0.4, 0.5) is 11.4 Å². The zero-order chi connectivity index (χ0) is 17.7. The van der Waals surface area contributed by atoms with Crippen LogP contribution in [0.3, 0.4) is 0 Å². The van der Waals surface area contributed by atoms with Crippen molar-refractivity contribution in [3.8, 4) is 0 Å². The number of nitrogens with zero attached hydrogens (tertiary/aromatic N) is 6. The molecule has 0 spiro atoms. The van der Waals surface area contributed by atoms with Crippen molar-refractivity contribution >= 4 is 35.4 Å². The lowest BCUT2D eigenvalue weighted by molar-refractivity contribution is -0.868. The van der Waals surface area contributed by atoms with E-state index < -0.39 is 0 Å². The number of quaternary nitrogens is 1. The van der Waals surface area contributed by atoms with E-state index in [1.54, 1.807) is 0 Å². The third kappa shape index (κ3) is 7.55. The fourth-order valence-corrected chi connectivity index (χ4v) is 2.55. The van der Waals surface area contributed by atoms with Gasteiger partial charge >= 0.3 is 0 Å². The largest absolute Gasteiger partial charge is 1.00 e. The van der Waals surface area contributed by atoms with Crippen molar-refractivity contribution in [3.05, 3.63) is 36.7 Å². The lowest BCUT2D eigenvalue weighted by Gasteiger charge is -2.29. The molecule has 0 aliphatic carbocycles. The highest BCUT2D eigenvalue weighted by atomic mass is 127. The molecular weight excluding hydrogens is 554 g/mol. The van der Waals surface area contributed by atoms with Gasteiger partial charge in [0.1, 0.15) is 0 Å². The fourth-order valence-electron chi connectivity index (χ4n) is 2.55. The first-order chi connectivity index (χ1) is 11.3. The number of hydrogen-bond donors (Lipinski definition) is 0. The Bertz CT molecular complexity index is 570. The Labute approximate surface area is 192 Å². The van der Waals surface area contributed by atoms with Gasteiger partial charge in [-0.2, -0.15) is 5.11 Å². The Morgan fingerprint density at radius 1 is 1.04 bits per heavy atom. The van der Waals surface area contributed by atoms with Crippen molar-refractivity contribution in [1.82, 2.24) is 9.80 Å². The molecule has 1 aliphatic heterocycles. The molecule has 6 nitrogen and oxygen atoms in total. The quantitative estimate of drug-likeness (QED) is 0.266. The number of halogens is 2. The van der Waals surface area contributed by atoms with Crippen LogP contribution in [0, 0.1) is 0 Å². The Morgan fingerprint density at radius 2 is 1.58 bits per heavy atom. The molecule has 0 amide bonds. The summed E-state index contributed by atoms with van der Waals surface area (Å²) in [5, 5.41) is 8.80. The number of rotatable bonds is 7. The first kappa shape index (κ1) is 25.4. The second kappa shape index (κ2) is 11.3. The summed E-state index contributed by atoms with van der Waals surface area (Å²) in [6.07, 6.45) is 3.95. The van der Waals surface area contributed by atoms with Crippen LogP contribution >= 0.6 is 24.0 Å². The maximum Gasteiger partial charge on any atom is 0.217 e. The molecule has 0 N–H and O–H groups in total. The summed E-state index contributed by atoms with van der Waals surface area (Å²) in [7, 11) is 10.7. The molecule has 0 aromatic heterocycles. The number of anilines is 1. The van der Waals surface area contributed by atoms with Crippen molar-refractivity contribution in [2.45, 2.75) is 13.2 Å². The summed E-state index contributed by atoms with van der Waals surface area (Å²) in [5.41, 5.74) is 2.12. The number of azo groups is 1. The second-order valence-corrected chi connectivity index (χ2v) is 7.30. The molecule has 2 rings (SSSR count). The topological polar surface area (TPSA) is 34.4 Å². The SMILES string of the molecule is CCN(CC[N+](C)(C)C)c1ccc(/N=N/C2N(C)C=CN2C)cc1.I.[I-]. The molecule has 1 heterocycles. The van der Waals surface area contributed by atoms with E-state index in [0.717, 1.165) is 29.8 Å². The first-order valence-corrected chi connectivity index (χ1v) is 8.48. The van der Waals surface area contributed by atoms with Crippen LogP contribution in [-0.4, -0.2) is 75.4 Å². The Kier molecular flexibility index (Phi) is 11.0. The van der Waals surface area contributed by atoms with Crippen LogP contribution in [0.5, 0.6) is 0 Å². The molecule has 26 heavy (non-hydrogen) atoms. The van der Waals surface area contributed by atoms with Gasteiger partial charge in [-0.3, -0.25) is 0 Å². The van der Waals surface area contributed by atoms with Crippen molar-refractivity contribution in [2.24, 2.45) is 10.2 Å². The number of likely N-dealkylation sites (N-methyl/N-ethyl adjacent to an activating group) is 2. The molecule has 1 aliphatic rings. The molecule has 1 aromatic carbocycles. The monoisotopic (exact) mass is 586 g/mol. The van der Waals surface area contributed by atoms with Gasteiger partial charge in [0.15, 0.2) is 0 Å². The van der Waals surface area contributed by atoms with Crippen molar-refractivity contribution in [3.63, 3.8) is 0 Å². The highest BCUT2D eigenvalue weighted by molar-refractivity contribution is 14.0. The molecule has 0 unspecified atom stereocenters. The predicted octanol–water partition coefficient (Wildman–Crippen LogP) is 0.557. The first-order valence-electron chi connectivity index (χ1n) is 8.48. The minimum atomic E-state index is -0.0543. The predicted molar refractivity (Wildman–Crippen MR) is 116 cm³/mol. The molecule has 1 aromatic rings. The van der Waals surface area contributed by atoms with E-state index >= 15 is 0 Å². The van der Waals surface area contributed by atoms with E-state index in [0.29, 0.717) is 0 Å². The van der Waals surface area contributed by atoms with E-state index in [4.69, 9.17) is 0 Å². The lowest BCUT2D eigenvalue weighted by Crippen LogP contribution is -3.00. The average Bonchev–Trinajstić information content (AvgIpc) is 2.85. The molecule has 0 atom stereocenters. The van der Waals surface area contributed by atoms with Crippen molar-refractivity contribution in [1.29, 1.82) is 0 Å². The van der Waals surface area contributed by atoms with Gasteiger partial charge in [0.2, 0.25) is 6.29 Å². The van der Waals surface area contributed by atoms with Gasteiger partial charge in [-0.15, -0.1) is 29.1 Å². The van der Waals surface area contributed by atoms with Gasteiger partial charge in [-0.1, -0.05) is 0 Å². The molecule has 0 saturated heterocycles. The zero-order valence-electron chi connectivity index (χ0n) is 16.6. The zero-order valence-corrected chi connectivity index (χ0v) is 21.1. The average molecular weight is 586 g/mol. The fraction of sp³-hybridized carbons (Fsp3) is 0.556. The summed E-state index contributed by atoms with van der Waals surface area (Å²) in [6, 6.07) is 8.34. The van der Waals surface area contributed by atoms with Crippen molar-refractivity contribution in [2.75, 3.05) is 59.8 Å². The third-order valence-corrected chi connectivity index (χ3v) is 4.18. The Balaban J connectivity index is 0.00000312. The van der Waals surface area contributed by atoms with Gasteiger partial charge in [0.25, 0.3) is 0 Å². The molecule has 0 bridgehead atoms. The van der Waals surface area contributed by atoms with Crippen LogP contribution < -0.4 is 28.9 Å². The summed E-state index contributed by atoms with van der Waals surface area (Å²) in [6.45, 7) is 5.36. The smallest absolute Gasteiger partial charge is 0.217 e. The summed E-state index contributed by atoms with van der Waals surface area (Å²) in [5.74, 6) is 0. The maximum absolute atomic E-state index is 4.42. The number of hydrogen-bond acceptors (Lipinski definition) is 5. The van der Waals surface area contributed by atoms with Crippen LogP contribution in [0.1, 0.15) is 6.92 Å². The molecular formula is C18H32I2N6. The van der Waals surface area contributed by atoms with Gasteiger partial charge in [-0.05, 0) is 31.2 Å². The minimum absolute atomic E-state index is 0. The maximum atomic E-state index is 4.42. The normalized spacial score (nSPS) is 14.5.